The van der Waals surface area contributed by atoms with Gasteiger partial charge >= 0.3 is 6.09 Å². The number of likely N-dealkylation sites (tertiary alicyclic amines) is 1. The molecular formula is C13H15NO4. The average molecular weight is 249 g/mol. The number of rotatable bonds is 1. The third-order valence-corrected chi connectivity index (χ3v) is 3.21. The van der Waals surface area contributed by atoms with Crippen molar-refractivity contribution in [1.82, 2.24) is 4.90 Å². The molecule has 2 aliphatic heterocycles. The summed E-state index contributed by atoms with van der Waals surface area (Å²) in [5.41, 5.74) is 0.902. The minimum Gasteiger partial charge on any atom is -0.410 e. The molecule has 0 spiro atoms. The van der Waals surface area contributed by atoms with E-state index in [0.29, 0.717) is 18.1 Å². The quantitative estimate of drug-likeness (QED) is 0.717. The summed E-state index contributed by atoms with van der Waals surface area (Å²) in [6, 6.07) is 5.25. The lowest BCUT2D eigenvalue weighted by atomic mass is 10.1. The average Bonchev–Trinajstić information content (AvgIpc) is 2.87. The number of ether oxygens (including phenoxy) is 1. The summed E-state index contributed by atoms with van der Waals surface area (Å²) in [6.07, 6.45) is 3.04. The van der Waals surface area contributed by atoms with Crippen LogP contribution in [0.1, 0.15) is 24.8 Å². The summed E-state index contributed by atoms with van der Waals surface area (Å²) in [7, 11) is 0. The highest BCUT2D eigenvalue weighted by molar-refractivity contribution is 5.71. The summed E-state index contributed by atoms with van der Waals surface area (Å²) in [5, 5.41) is 0. The van der Waals surface area contributed by atoms with E-state index in [1.54, 1.807) is 23.1 Å². The lowest BCUT2D eigenvalue weighted by molar-refractivity contribution is -0.194. The molecule has 0 aliphatic carbocycles. The summed E-state index contributed by atoms with van der Waals surface area (Å²) in [6.45, 7) is 1.97. The molecule has 0 N–H and O–H groups in total. The van der Waals surface area contributed by atoms with Gasteiger partial charge in [0.1, 0.15) is 12.4 Å². The van der Waals surface area contributed by atoms with Gasteiger partial charge in [-0.05, 0) is 37.5 Å². The van der Waals surface area contributed by atoms with Gasteiger partial charge in [-0.15, -0.1) is 0 Å². The van der Waals surface area contributed by atoms with Crippen molar-refractivity contribution in [3.63, 3.8) is 0 Å². The third-order valence-electron chi connectivity index (χ3n) is 3.21. The monoisotopic (exact) mass is 249 g/mol. The van der Waals surface area contributed by atoms with Crippen LogP contribution in [0.2, 0.25) is 0 Å². The van der Waals surface area contributed by atoms with Crippen molar-refractivity contribution in [2.24, 2.45) is 0 Å². The Balaban J connectivity index is 1.66. The highest BCUT2D eigenvalue weighted by Crippen LogP contribution is 2.29. The minimum atomic E-state index is -0.269. The molecule has 2 heterocycles. The second-order valence-electron chi connectivity index (χ2n) is 4.53. The zero-order chi connectivity index (χ0) is 12.4. The highest BCUT2D eigenvalue weighted by Gasteiger charge is 2.20. The summed E-state index contributed by atoms with van der Waals surface area (Å²) < 4.78 is 5.36. The Labute approximate surface area is 105 Å². The van der Waals surface area contributed by atoms with E-state index >= 15 is 0 Å². The van der Waals surface area contributed by atoms with Crippen LogP contribution in [0, 0.1) is 0 Å². The molecule has 0 unspecified atom stereocenters. The second-order valence-corrected chi connectivity index (χ2v) is 4.53. The Hall–Kier alpha value is -1.75. The molecule has 5 heteroatoms. The molecule has 0 atom stereocenters. The summed E-state index contributed by atoms with van der Waals surface area (Å²) in [5.74, 6) is 1.23. The summed E-state index contributed by atoms with van der Waals surface area (Å²) in [4.78, 5) is 23.4. The minimum absolute atomic E-state index is 0.269. The molecule has 3 rings (SSSR count). The number of hydrogen-bond acceptors (Lipinski definition) is 4. The molecule has 0 bridgehead atoms. The van der Waals surface area contributed by atoms with E-state index in [2.05, 4.69) is 0 Å². The van der Waals surface area contributed by atoms with Gasteiger partial charge in [0.2, 0.25) is 0 Å². The summed E-state index contributed by atoms with van der Waals surface area (Å²) >= 11 is 0. The fourth-order valence-electron chi connectivity index (χ4n) is 2.21. The molecule has 18 heavy (non-hydrogen) atoms. The Kier molecular flexibility index (Phi) is 3.06. The zero-order valence-electron chi connectivity index (χ0n) is 10.1. The van der Waals surface area contributed by atoms with Gasteiger partial charge in [-0.3, -0.25) is 0 Å². The Bertz CT molecular complexity index is 454. The molecule has 0 radical (unpaired) electrons. The molecule has 0 saturated carbocycles. The fraction of sp³-hybridized carbons (Fsp3) is 0.462. The van der Waals surface area contributed by atoms with Crippen molar-refractivity contribution < 1.29 is 19.3 Å². The first-order valence-electron chi connectivity index (χ1n) is 6.22. The first-order valence-corrected chi connectivity index (χ1v) is 6.22. The number of piperidine rings is 1. The maximum Gasteiger partial charge on any atom is 0.415 e. The van der Waals surface area contributed by atoms with E-state index in [9.17, 15) is 4.79 Å². The number of nitrogens with zero attached hydrogens (tertiary/aromatic N) is 1. The van der Waals surface area contributed by atoms with Crippen molar-refractivity contribution in [2.45, 2.75) is 25.9 Å². The van der Waals surface area contributed by atoms with Gasteiger partial charge in [0, 0.05) is 18.7 Å². The van der Waals surface area contributed by atoms with Crippen LogP contribution in [0.25, 0.3) is 0 Å². The fourth-order valence-corrected chi connectivity index (χ4v) is 2.21. The highest BCUT2D eigenvalue weighted by atomic mass is 17.2. The van der Waals surface area contributed by atoms with Crippen LogP contribution in [0.4, 0.5) is 4.79 Å². The number of carbonyl (C=O) groups excluding carboxylic acids is 1. The second kappa shape index (κ2) is 4.86. The van der Waals surface area contributed by atoms with Crippen LogP contribution < -0.4 is 9.62 Å². The SMILES string of the molecule is O=C(Oc1ccc2c(c1)COO2)N1CCCCC1. The number of fused-ring (bicyclic) bond motifs is 1. The Morgan fingerprint density at radius 2 is 2.06 bits per heavy atom. The maximum atomic E-state index is 11.9. The molecular weight excluding hydrogens is 234 g/mol. The normalized spacial score (nSPS) is 18.1. The lowest BCUT2D eigenvalue weighted by Gasteiger charge is -2.25. The number of amides is 1. The lowest BCUT2D eigenvalue weighted by Crippen LogP contribution is -2.37. The van der Waals surface area contributed by atoms with E-state index in [4.69, 9.17) is 14.5 Å². The van der Waals surface area contributed by atoms with Gasteiger partial charge in [0.25, 0.3) is 0 Å². The first kappa shape index (κ1) is 11.3. The zero-order valence-corrected chi connectivity index (χ0v) is 10.1. The van der Waals surface area contributed by atoms with Gasteiger partial charge in [-0.2, -0.15) is 4.89 Å². The Morgan fingerprint density at radius 3 is 2.89 bits per heavy atom. The number of hydrogen-bond donors (Lipinski definition) is 0. The molecule has 1 aromatic carbocycles. The number of benzene rings is 1. The molecule has 1 aromatic rings. The van der Waals surface area contributed by atoms with Gasteiger partial charge in [0.15, 0.2) is 5.75 Å². The van der Waals surface area contributed by atoms with Crippen LogP contribution >= 0.6 is 0 Å². The van der Waals surface area contributed by atoms with Crippen LogP contribution in [0.3, 0.4) is 0 Å². The molecule has 96 valence electrons. The largest absolute Gasteiger partial charge is 0.415 e. The molecule has 5 nitrogen and oxygen atoms in total. The first-order chi connectivity index (χ1) is 8.83. The predicted octanol–water partition coefficient (Wildman–Crippen LogP) is 2.50. The smallest absolute Gasteiger partial charge is 0.410 e. The van der Waals surface area contributed by atoms with Crippen molar-refractivity contribution in [1.29, 1.82) is 0 Å². The van der Waals surface area contributed by atoms with Crippen LogP contribution in [-0.4, -0.2) is 24.1 Å². The molecule has 1 saturated heterocycles. The van der Waals surface area contributed by atoms with Gasteiger partial charge in [-0.1, -0.05) is 0 Å². The van der Waals surface area contributed by atoms with Crippen LogP contribution in [-0.2, 0) is 11.5 Å². The van der Waals surface area contributed by atoms with E-state index < -0.39 is 0 Å². The molecule has 1 amide bonds. The molecule has 1 fully saturated rings. The van der Waals surface area contributed by atoms with Crippen molar-refractivity contribution in [3.8, 4) is 11.5 Å². The van der Waals surface area contributed by atoms with Gasteiger partial charge in [0.05, 0.1) is 0 Å². The molecule has 2 aliphatic rings. The Morgan fingerprint density at radius 1 is 1.22 bits per heavy atom. The van der Waals surface area contributed by atoms with E-state index in [1.807, 2.05) is 0 Å². The van der Waals surface area contributed by atoms with Crippen molar-refractivity contribution in [2.75, 3.05) is 13.1 Å². The van der Waals surface area contributed by atoms with Crippen LogP contribution in [0.15, 0.2) is 18.2 Å². The van der Waals surface area contributed by atoms with E-state index in [1.165, 1.54) is 6.42 Å². The maximum absolute atomic E-state index is 11.9. The van der Waals surface area contributed by atoms with E-state index in [-0.39, 0.29) is 6.09 Å². The number of carbonyl (C=O) groups is 1. The van der Waals surface area contributed by atoms with Gasteiger partial charge in [-0.25, -0.2) is 4.79 Å². The van der Waals surface area contributed by atoms with E-state index in [0.717, 1.165) is 31.5 Å². The predicted molar refractivity (Wildman–Crippen MR) is 63.3 cm³/mol. The van der Waals surface area contributed by atoms with Crippen molar-refractivity contribution >= 4 is 6.09 Å². The van der Waals surface area contributed by atoms with Crippen LogP contribution in [0.5, 0.6) is 11.5 Å². The van der Waals surface area contributed by atoms with Gasteiger partial charge < -0.3 is 14.5 Å². The molecule has 0 aromatic heterocycles. The third kappa shape index (κ3) is 2.26. The standard InChI is InChI=1S/C13H15NO4/c15-13(14-6-2-1-3-7-14)17-11-4-5-12-10(8-11)9-16-18-12/h4-5,8H,1-3,6-7,9H2. The topological polar surface area (TPSA) is 48.0 Å². The van der Waals surface area contributed by atoms with Crippen molar-refractivity contribution in [3.05, 3.63) is 23.8 Å².